The number of nitrogens with one attached hydrogen (secondary N) is 1. The summed E-state index contributed by atoms with van der Waals surface area (Å²) in [6.07, 6.45) is 7.87. The van der Waals surface area contributed by atoms with Crippen molar-refractivity contribution in [2.24, 2.45) is 0 Å². The van der Waals surface area contributed by atoms with Gasteiger partial charge in [-0.15, -0.1) is 0 Å². The van der Waals surface area contributed by atoms with Crippen LogP contribution in [0.25, 0.3) is 0 Å². The molecule has 3 amide bonds. The van der Waals surface area contributed by atoms with Crippen molar-refractivity contribution in [1.82, 2.24) is 15.1 Å². The van der Waals surface area contributed by atoms with Gasteiger partial charge in [-0.2, -0.15) is 0 Å². The van der Waals surface area contributed by atoms with Gasteiger partial charge in [0.1, 0.15) is 12.6 Å². The molecule has 0 aliphatic carbocycles. The van der Waals surface area contributed by atoms with Gasteiger partial charge >= 0.3 is 12.0 Å². The Morgan fingerprint density at radius 1 is 1.26 bits per heavy atom. The Labute approximate surface area is 160 Å². The number of aliphatic hydroxyl groups is 1. The molecule has 1 radical (unpaired) electrons. The van der Waals surface area contributed by atoms with E-state index in [2.05, 4.69) is 11.4 Å². The average molecular weight is 381 g/mol. The Balaban J connectivity index is 2.22. The zero-order valence-corrected chi connectivity index (χ0v) is 16.2. The molecule has 2 heterocycles. The summed E-state index contributed by atoms with van der Waals surface area (Å²) < 4.78 is 4.81. The number of allylic oxidation sites excluding steroid dienone is 2. The fourth-order valence-corrected chi connectivity index (χ4v) is 3.51. The number of aliphatic hydroxyl groups excluding tert-OH is 1. The Morgan fingerprint density at radius 3 is 2.74 bits per heavy atom. The second-order valence-electron chi connectivity index (χ2n) is 7.22. The van der Waals surface area contributed by atoms with E-state index in [1.165, 1.54) is 12.0 Å². The van der Waals surface area contributed by atoms with Crippen LogP contribution in [0.1, 0.15) is 44.9 Å². The number of ether oxygens (including phenoxy) is 1. The number of amides is 3. The third-order valence-electron chi connectivity index (χ3n) is 5.15. The number of carbonyl (C=O) groups is 3. The Kier molecular flexibility index (Phi) is 8.24. The minimum Gasteiger partial charge on any atom is -0.467 e. The fraction of sp³-hybridized carbons (Fsp3) is 0.737. The normalized spacial score (nSPS) is 29.3. The number of piperidine rings is 1. The van der Waals surface area contributed by atoms with Crippen LogP contribution >= 0.6 is 0 Å². The van der Waals surface area contributed by atoms with Crippen molar-refractivity contribution in [3.8, 4) is 0 Å². The first-order valence-electron chi connectivity index (χ1n) is 9.67. The number of esters is 1. The van der Waals surface area contributed by atoms with Gasteiger partial charge in [-0.3, -0.25) is 9.69 Å². The van der Waals surface area contributed by atoms with Crippen LogP contribution < -0.4 is 10.2 Å². The number of carbonyl (C=O) groups excluding carboxylic acids is 3. The molecule has 1 saturated heterocycles. The Morgan fingerprint density at radius 2 is 2.00 bits per heavy atom. The molecule has 0 aromatic carbocycles. The van der Waals surface area contributed by atoms with Gasteiger partial charge < -0.3 is 15.2 Å². The summed E-state index contributed by atoms with van der Waals surface area (Å²) in [4.78, 5) is 40.9. The van der Waals surface area contributed by atoms with Crippen molar-refractivity contribution < 1.29 is 24.2 Å². The molecular formula is C19H31N3O5+. The quantitative estimate of drug-likeness (QED) is 0.399. The number of fused-ring (bicyclic) bond motifs is 1. The molecule has 27 heavy (non-hydrogen) atoms. The average Bonchev–Trinajstić information content (AvgIpc) is 2.67. The van der Waals surface area contributed by atoms with Gasteiger partial charge in [0.05, 0.1) is 13.2 Å². The first kappa shape index (κ1) is 21.4. The van der Waals surface area contributed by atoms with Crippen LogP contribution in [0.2, 0.25) is 0 Å². The minimum atomic E-state index is -0.795. The Hall–Kier alpha value is -1.93. The smallest absolute Gasteiger partial charge is 0.467 e. The summed E-state index contributed by atoms with van der Waals surface area (Å²) in [6, 6.07) is -1.79. The van der Waals surface area contributed by atoms with Crippen LogP contribution in [0.4, 0.5) is 4.79 Å². The molecule has 2 rings (SSSR count). The van der Waals surface area contributed by atoms with E-state index in [0.29, 0.717) is 32.4 Å². The molecule has 0 saturated carbocycles. The molecule has 2 N–H and O–H groups in total. The lowest BCUT2D eigenvalue weighted by Crippen LogP contribution is -2.62. The van der Waals surface area contributed by atoms with Crippen molar-refractivity contribution in [2.45, 2.75) is 63.1 Å². The summed E-state index contributed by atoms with van der Waals surface area (Å²) in [7, 11) is 3.02. The molecule has 2 aliphatic heterocycles. The van der Waals surface area contributed by atoms with Gasteiger partial charge in [-0.1, -0.05) is 17.1 Å². The largest absolute Gasteiger partial charge is 0.467 e. The molecular weight excluding hydrogens is 350 g/mol. The van der Waals surface area contributed by atoms with E-state index in [4.69, 9.17) is 4.74 Å². The lowest BCUT2D eigenvalue weighted by molar-refractivity contribution is -0.145. The van der Waals surface area contributed by atoms with Crippen molar-refractivity contribution in [1.29, 1.82) is 0 Å². The summed E-state index contributed by atoms with van der Waals surface area (Å²) in [6.45, 7) is 0.928. The summed E-state index contributed by atoms with van der Waals surface area (Å²) in [5.41, 5.74) is 0. The highest BCUT2D eigenvalue weighted by Gasteiger charge is 2.47. The van der Waals surface area contributed by atoms with Crippen molar-refractivity contribution in [2.75, 3.05) is 27.2 Å². The van der Waals surface area contributed by atoms with Gasteiger partial charge in [-0.25, -0.2) is 9.59 Å². The second kappa shape index (κ2) is 10.4. The molecule has 8 nitrogen and oxygen atoms in total. The summed E-state index contributed by atoms with van der Waals surface area (Å²) in [5, 5.41) is 12.7. The highest BCUT2D eigenvalue weighted by Crippen LogP contribution is 2.18. The van der Waals surface area contributed by atoms with Gasteiger partial charge in [0, 0.05) is 26.4 Å². The lowest BCUT2D eigenvalue weighted by atomic mass is 9.98. The molecule has 3 atom stereocenters. The number of methoxy groups -OCH3 is 1. The van der Waals surface area contributed by atoms with Crippen LogP contribution in [0.3, 0.4) is 0 Å². The molecule has 2 aliphatic rings. The molecule has 0 bridgehead atoms. The predicted octanol–water partition coefficient (Wildman–Crippen LogP) is 0.880. The number of hydrogen-bond donors (Lipinski definition) is 2. The Bertz CT molecular complexity index is 566. The van der Waals surface area contributed by atoms with Gasteiger partial charge in [0.25, 0.3) is 5.91 Å². The fourth-order valence-electron chi connectivity index (χ4n) is 3.51. The molecule has 1 unspecified atom stereocenters. The van der Waals surface area contributed by atoms with E-state index in [1.807, 2.05) is 6.08 Å². The van der Waals surface area contributed by atoms with Crippen LogP contribution in [-0.2, 0) is 14.3 Å². The monoisotopic (exact) mass is 381 g/mol. The van der Waals surface area contributed by atoms with Gasteiger partial charge in [0.15, 0.2) is 0 Å². The van der Waals surface area contributed by atoms with E-state index in [-0.39, 0.29) is 12.5 Å². The van der Waals surface area contributed by atoms with E-state index >= 15 is 0 Å². The third kappa shape index (κ3) is 6.04. The maximum Gasteiger partial charge on any atom is 0.467 e. The van der Waals surface area contributed by atoms with E-state index < -0.39 is 30.1 Å². The minimum absolute atomic E-state index is 0.166. The number of hydrogen-bond acceptors (Lipinski definition) is 5. The second-order valence-corrected chi connectivity index (χ2v) is 7.22. The highest BCUT2D eigenvalue weighted by atomic mass is 16.5. The van der Waals surface area contributed by atoms with Crippen molar-refractivity contribution in [3.05, 3.63) is 12.2 Å². The zero-order valence-electron chi connectivity index (χ0n) is 16.2. The number of nitrogens with zero attached hydrogens (tertiary/aromatic N) is 2. The first-order chi connectivity index (χ1) is 12.9. The number of urea groups is 1. The first-order valence-corrected chi connectivity index (χ1v) is 9.67. The van der Waals surface area contributed by atoms with Crippen LogP contribution in [0, 0.1) is 0 Å². The van der Waals surface area contributed by atoms with Gasteiger partial charge in [0.2, 0.25) is 6.04 Å². The predicted molar refractivity (Wildman–Crippen MR) is 100 cm³/mol. The molecule has 8 heteroatoms. The van der Waals surface area contributed by atoms with Crippen molar-refractivity contribution in [3.63, 3.8) is 0 Å². The highest BCUT2D eigenvalue weighted by molar-refractivity contribution is 5.91. The maximum absolute atomic E-state index is 12.9. The summed E-state index contributed by atoms with van der Waals surface area (Å²) >= 11 is 0. The number of rotatable bonds is 1. The van der Waals surface area contributed by atoms with Gasteiger partial charge in [-0.05, 0) is 32.1 Å². The standard InChI is InChI=1S/C19H31N3O5/c1-21-11-8-6-4-3-5-7-9-15(18(25)27-2)20-17(24)16-13-14(23)10-12-22(16)19(21)26/h3,5,14-16,23H,4,6-13H2,1-2H3,(H,20,24)/q+1/t14-,15-,16?/m1/s1. The molecule has 0 aromatic rings. The van der Waals surface area contributed by atoms with E-state index in [0.717, 1.165) is 19.3 Å². The molecule has 151 valence electrons. The SMILES string of the molecule is COC(=O)[C@H]1CCC=CCCCCN(C)C(=O)[N+]2CC[C@@H](O)CC2C(=O)N1. The molecule has 0 aromatic heterocycles. The van der Waals surface area contributed by atoms with Crippen LogP contribution in [0.5, 0.6) is 0 Å². The van der Waals surface area contributed by atoms with Crippen LogP contribution in [-0.4, -0.2) is 73.3 Å². The molecule has 1 fully saturated rings. The molecule has 0 spiro atoms. The van der Waals surface area contributed by atoms with E-state index in [9.17, 15) is 19.5 Å². The van der Waals surface area contributed by atoms with E-state index in [1.54, 1.807) is 11.9 Å². The summed E-state index contributed by atoms with van der Waals surface area (Å²) in [5.74, 6) is -0.933. The van der Waals surface area contributed by atoms with Crippen LogP contribution in [0.15, 0.2) is 12.2 Å². The zero-order chi connectivity index (χ0) is 19.8. The maximum atomic E-state index is 12.9. The van der Waals surface area contributed by atoms with Crippen molar-refractivity contribution >= 4 is 17.9 Å². The topological polar surface area (TPSA) is 102 Å². The lowest BCUT2D eigenvalue weighted by Gasteiger charge is -2.29. The third-order valence-corrected chi connectivity index (χ3v) is 5.15.